The molecule has 0 saturated heterocycles. The fraction of sp³-hybridized carbons (Fsp3) is 0.261. The molecule has 0 unspecified atom stereocenters. The summed E-state index contributed by atoms with van der Waals surface area (Å²) in [4.78, 5) is 14.4. The number of methoxy groups -OCH3 is 1. The molecule has 1 aromatic heterocycles. The zero-order valence-corrected chi connectivity index (χ0v) is 17.7. The van der Waals surface area contributed by atoms with E-state index in [0.717, 1.165) is 41.7 Å². The molecule has 2 aromatic carbocycles. The van der Waals surface area contributed by atoms with Gasteiger partial charge in [0.2, 0.25) is 5.91 Å². The molecular weight excluding hydrogens is 396 g/mol. The van der Waals surface area contributed by atoms with Crippen molar-refractivity contribution in [1.29, 1.82) is 0 Å². The van der Waals surface area contributed by atoms with Crippen molar-refractivity contribution in [1.82, 2.24) is 15.5 Å². The van der Waals surface area contributed by atoms with Gasteiger partial charge in [0.05, 0.1) is 12.9 Å². The number of benzene rings is 2. The summed E-state index contributed by atoms with van der Waals surface area (Å²) < 4.78 is 5.20. The van der Waals surface area contributed by atoms with Crippen LogP contribution in [0, 0.1) is 0 Å². The van der Waals surface area contributed by atoms with Crippen LogP contribution in [0.25, 0.3) is 0 Å². The minimum Gasteiger partial charge on any atom is -0.497 e. The summed E-state index contributed by atoms with van der Waals surface area (Å²) in [5, 5.41) is 12.3. The first kappa shape index (κ1) is 20.2. The van der Waals surface area contributed by atoms with E-state index in [1.54, 1.807) is 7.11 Å². The van der Waals surface area contributed by atoms with Crippen LogP contribution in [0.15, 0.2) is 65.7 Å². The number of carbonyl (C=O) groups excluding carboxylic acids is 1. The Morgan fingerprint density at radius 1 is 1.10 bits per heavy atom. The summed E-state index contributed by atoms with van der Waals surface area (Å²) in [6.45, 7) is 2.26. The average molecular weight is 421 g/mol. The molecule has 0 aliphatic carbocycles. The van der Waals surface area contributed by atoms with E-state index in [4.69, 9.17) is 4.74 Å². The Morgan fingerprint density at radius 2 is 1.97 bits per heavy atom. The number of rotatable bonds is 7. The quantitative estimate of drug-likeness (QED) is 0.591. The second kappa shape index (κ2) is 9.63. The van der Waals surface area contributed by atoms with Gasteiger partial charge in [-0.2, -0.15) is 0 Å². The van der Waals surface area contributed by atoms with Gasteiger partial charge in [-0.1, -0.05) is 48.2 Å². The molecule has 0 atom stereocenters. The fourth-order valence-corrected chi connectivity index (χ4v) is 4.07. The normalized spacial score (nSPS) is 12.9. The molecule has 1 N–H and O–H groups in total. The highest BCUT2D eigenvalue weighted by atomic mass is 32.2. The smallest absolute Gasteiger partial charge is 0.230 e. The monoisotopic (exact) mass is 420 g/mol. The van der Waals surface area contributed by atoms with E-state index >= 15 is 0 Å². The Balaban J connectivity index is 1.26. The Kier molecular flexibility index (Phi) is 6.49. The van der Waals surface area contributed by atoms with Crippen molar-refractivity contribution in [3.8, 4) is 5.75 Å². The lowest BCUT2D eigenvalue weighted by Gasteiger charge is -2.29. The molecule has 1 amide bonds. The molecule has 0 fully saturated rings. The summed E-state index contributed by atoms with van der Waals surface area (Å²) in [5.41, 5.74) is 3.76. The molecule has 1 aliphatic rings. The van der Waals surface area contributed by atoms with Gasteiger partial charge in [-0.25, -0.2) is 0 Å². The lowest BCUT2D eigenvalue weighted by Crippen LogP contribution is -2.31. The number of hydrogen-bond donors (Lipinski definition) is 1. The van der Waals surface area contributed by atoms with Crippen LogP contribution < -0.4 is 15.0 Å². The maximum absolute atomic E-state index is 12.2. The predicted molar refractivity (Wildman–Crippen MR) is 119 cm³/mol. The molecule has 0 saturated carbocycles. The Morgan fingerprint density at radius 3 is 2.77 bits per heavy atom. The van der Waals surface area contributed by atoms with Crippen LogP contribution in [0.4, 0.5) is 5.82 Å². The number of amides is 1. The molecule has 2 heterocycles. The molecule has 154 valence electrons. The number of anilines is 1. The van der Waals surface area contributed by atoms with E-state index in [-0.39, 0.29) is 5.91 Å². The second-order valence-corrected chi connectivity index (χ2v) is 8.08. The largest absolute Gasteiger partial charge is 0.497 e. The molecule has 0 spiro atoms. The predicted octanol–water partition coefficient (Wildman–Crippen LogP) is 3.46. The van der Waals surface area contributed by atoms with Gasteiger partial charge in [0.1, 0.15) is 10.8 Å². The zero-order valence-electron chi connectivity index (χ0n) is 16.9. The van der Waals surface area contributed by atoms with Crippen molar-refractivity contribution in [2.75, 3.05) is 24.3 Å². The van der Waals surface area contributed by atoms with Gasteiger partial charge in [-0.15, -0.1) is 10.2 Å². The number of hydrogen-bond acceptors (Lipinski definition) is 6. The molecule has 1 aliphatic heterocycles. The van der Waals surface area contributed by atoms with Crippen LogP contribution in [0.2, 0.25) is 0 Å². The number of carbonyl (C=O) groups is 1. The minimum atomic E-state index is -0.0404. The van der Waals surface area contributed by atoms with Crippen molar-refractivity contribution in [3.05, 3.63) is 77.4 Å². The highest BCUT2D eigenvalue weighted by Gasteiger charge is 2.17. The molecule has 0 radical (unpaired) electrons. The van der Waals surface area contributed by atoms with Gasteiger partial charge >= 0.3 is 0 Å². The molecule has 3 aromatic rings. The maximum atomic E-state index is 12.2. The number of nitrogens with zero attached hydrogens (tertiary/aromatic N) is 3. The molecular formula is C23H24N4O2S. The minimum absolute atomic E-state index is 0.0404. The van der Waals surface area contributed by atoms with Gasteiger partial charge in [0.15, 0.2) is 5.82 Å². The number of ether oxygens (including phenoxy) is 1. The molecule has 4 rings (SSSR count). The lowest BCUT2D eigenvalue weighted by molar-refractivity contribution is -0.118. The van der Waals surface area contributed by atoms with Crippen molar-refractivity contribution in [2.45, 2.75) is 24.5 Å². The van der Waals surface area contributed by atoms with Crippen LogP contribution >= 0.6 is 11.8 Å². The van der Waals surface area contributed by atoms with Crippen molar-refractivity contribution < 1.29 is 9.53 Å². The van der Waals surface area contributed by atoms with Crippen LogP contribution in [0.1, 0.15) is 16.7 Å². The first-order valence-electron chi connectivity index (χ1n) is 9.89. The van der Waals surface area contributed by atoms with Crippen LogP contribution in [0.5, 0.6) is 5.75 Å². The van der Waals surface area contributed by atoms with Gasteiger partial charge in [0.25, 0.3) is 0 Å². The number of nitrogens with one attached hydrogen (secondary N) is 1. The van der Waals surface area contributed by atoms with E-state index in [1.807, 2.05) is 36.4 Å². The van der Waals surface area contributed by atoms with E-state index < -0.39 is 0 Å². The first-order chi connectivity index (χ1) is 14.7. The topological polar surface area (TPSA) is 67.3 Å². The Labute approximate surface area is 180 Å². The van der Waals surface area contributed by atoms with Crippen LogP contribution in [-0.2, 0) is 24.3 Å². The third-order valence-electron chi connectivity index (χ3n) is 5.06. The van der Waals surface area contributed by atoms with E-state index in [2.05, 4.69) is 44.7 Å². The molecule has 0 bridgehead atoms. The average Bonchev–Trinajstić information content (AvgIpc) is 2.81. The second-order valence-electron chi connectivity index (χ2n) is 7.09. The van der Waals surface area contributed by atoms with Crippen molar-refractivity contribution in [2.24, 2.45) is 0 Å². The Bertz CT molecular complexity index is 1010. The summed E-state index contributed by atoms with van der Waals surface area (Å²) in [6, 6.07) is 20.1. The number of thioether (sulfide) groups is 1. The summed E-state index contributed by atoms with van der Waals surface area (Å²) in [7, 11) is 1.63. The van der Waals surface area contributed by atoms with E-state index in [0.29, 0.717) is 12.3 Å². The zero-order chi connectivity index (χ0) is 20.8. The molecule has 7 heteroatoms. The van der Waals surface area contributed by atoms with E-state index in [1.165, 1.54) is 22.9 Å². The number of aromatic nitrogens is 2. The van der Waals surface area contributed by atoms with Crippen molar-refractivity contribution >= 4 is 23.5 Å². The fourth-order valence-electron chi connectivity index (χ4n) is 3.42. The Hall–Kier alpha value is -3.06. The summed E-state index contributed by atoms with van der Waals surface area (Å²) in [5.74, 6) is 1.91. The summed E-state index contributed by atoms with van der Waals surface area (Å²) >= 11 is 1.39. The highest BCUT2D eigenvalue weighted by Crippen LogP contribution is 2.24. The lowest BCUT2D eigenvalue weighted by atomic mass is 10.00. The van der Waals surface area contributed by atoms with Gasteiger partial charge in [0, 0.05) is 19.6 Å². The number of fused-ring (bicyclic) bond motifs is 1. The standard InChI is InChI=1S/C23H24N4O2S/c1-29-20-8-4-5-17(13-20)14-24-22(28)16-30-23-10-9-21(25-26-23)27-12-11-18-6-2-3-7-19(18)15-27/h2-10,13H,11-12,14-16H2,1H3,(H,24,28). The van der Waals surface area contributed by atoms with E-state index in [9.17, 15) is 4.79 Å². The van der Waals surface area contributed by atoms with Gasteiger partial charge in [-0.05, 0) is 47.4 Å². The van der Waals surface area contributed by atoms with Gasteiger partial charge < -0.3 is 15.0 Å². The molecule has 6 nitrogen and oxygen atoms in total. The molecule has 30 heavy (non-hydrogen) atoms. The maximum Gasteiger partial charge on any atom is 0.230 e. The first-order valence-corrected chi connectivity index (χ1v) is 10.9. The SMILES string of the molecule is COc1cccc(CNC(=O)CSc2ccc(N3CCc4ccccc4C3)nn2)c1. The van der Waals surface area contributed by atoms with Gasteiger partial charge in [-0.3, -0.25) is 4.79 Å². The summed E-state index contributed by atoms with van der Waals surface area (Å²) in [6.07, 6.45) is 1.02. The third-order valence-corrected chi connectivity index (χ3v) is 5.98. The van der Waals surface area contributed by atoms with Crippen LogP contribution in [0.3, 0.4) is 0 Å². The highest BCUT2D eigenvalue weighted by molar-refractivity contribution is 7.99. The third kappa shape index (κ3) is 5.10. The van der Waals surface area contributed by atoms with Crippen LogP contribution in [-0.4, -0.2) is 35.5 Å². The van der Waals surface area contributed by atoms with Crippen molar-refractivity contribution in [3.63, 3.8) is 0 Å².